The molecule has 3 N–H and O–H groups in total. The van der Waals surface area contributed by atoms with Crippen LogP contribution in [0.3, 0.4) is 0 Å². The quantitative estimate of drug-likeness (QED) is 0.367. The second-order valence-electron chi connectivity index (χ2n) is 3.50. The van der Waals surface area contributed by atoms with E-state index in [0.717, 1.165) is 0 Å². The Morgan fingerprint density at radius 1 is 1.62 bits per heavy atom. The molecule has 0 saturated carbocycles. The lowest BCUT2D eigenvalue weighted by Gasteiger charge is -2.16. The van der Waals surface area contributed by atoms with Gasteiger partial charge in [-0.25, -0.2) is 4.39 Å². The minimum absolute atomic E-state index is 0.0926. The normalized spacial score (nSPS) is 12.1. The molecule has 0 aliphatic heterocycles. The average Bonchev–Trinajstić information content (AvgIpc) is 2.23. The van der Waals surface area contributed by atoms with Gasteiger partial charge in [-0.05, 0) is 30.8 Å². The Morgan fingerprint density at radius 3 is 2.94 bits per heavy atom. The molecule has 0 spiro atoms. The van der Waals surface area contributed by atoms with Crippen molar-refractivity contribution in [2.45, 2.75) is 6.54 Å². The maximum absolute atomic E-state index is 13.0. The Morgan fingerprint density at radius 2 is 2.31 bits per heavy atom. The summed E-state index contributed by atoms with van der Waals surface area (Å²) in [5.41, 5.74) is 6.01. The van der Waals surface area contributed by atoms with Crippen molar-refractivity contribution in [3.63, 3.8) is 0 Å². The topological polar surface area (TPSA) is 61.8 Å². The van der Waals surface area contributed by atoms with E-state index < -0.39 is 0 Å². The molecule has 0 saturated heterocycles. The van der Waals surface area contributed by atoms with Crippen LogP contribution < -0.4 is 5.73 Å². The van der Waals surface area contributed by atoms with Crippen molar-refractivity contribution >= 4 is 17.4 Å². The molecule has 0 aromatic heterocycles. The maximum Gasteiger partial charge on any atom is 0.153 e. The second-order valence-corrected chi connectivity index (χ2v) is 3.91. The number of nitrogens with zero attached hydrogens (tertiary/aromatic N) is 2. The summed E-state index contributed by atoms with van der Waals surface area (Å²) in [4.78, 5) is 1.76. The predicted molar refractivity (Wildman–Crippen MR) is 61.2 cm³/mol. The molecule has 0 amide bonds. The van der Waals surface area contributed by atoms with Crippen molar-refractivity contribution in [1.82, 2.24) is 4.90 Å². The lowest BCUT2D eigenvalue weighted by Crippen LogP contribution is -2.30. The van der Waals surface area contributed by atoms with Crippen LogP contribution >= 0.6 is 11.6 Å². The van der Waals surface area contributed by atoms with Crippen LogP contribution in [-0.4, -0.2) is 29.5 Å². The van der Waals surface area contributed by atoms with Gasteiger partial charge in [0.2, 0.25) is 0 Å². The highest BCUT2D eigenvalue weighted by molar-refractivity contribution is 6.31. The largest absolute Gasteiger partial charge is 0.409 e. The number of likely N-dealkylation sites (N-methyl/N-ethyl adjacent to an activating group) is 1. The number of benzene rings is 1. The van der Waals surface area contributed by atoms with Crippen molar-refractivity contribution < 1.29 is 9.60 Å². The first kappa shape index (κ1) is 12.7. The maximum atomic E-state index is 13.0. The van der Waals surface area contributed by atoms with Gasteiger partial charge in [0.25, 0.3) is 0 Å². The Labute approximate surface area is 98.1 Å². The second kappa shape index (κ2) is 5.67. The van der Waals surface area contributed by atoms with Gasteiger partial charge in [0.1, 0.15) is 5.82 Å². The summed E-state index contributed by atoms with van der Waals surface area (Å²) in [5.74, 6) is -0.244. The number of nitrogens with two attached hydrogens (primary N) is 1. The molecule has 0 aliphatic carbocycles. The van der Waals surface area contributed by atoms with E-state index in [-0.39, 0.29) is 18.2 Å². The lowest BCUT2D eigenvalue weighted by molar-refractivity contribution is 0.308. The van der Waals surface area contributed by atoms with Gasteiger partial charge in [-0.2, -0.15) is 0 Å². The summed E-state index contributed by atoms with van der Waals surface area (Å²) in [6, 6.07) is 4.17. The number of hydrogen-bond acceptors (Lipinski definition) is 3. The van der Waals surface area contributed by atoms with Crippen molar-refractivity contribution in [3.05, 3.63) is 34.6 Å². The van der Waals surface area contributed by atoms with Crippen LogP contribution in [0.1, 0.15) is 5.56 Å². The highest BCUT2D eigenvalue weighted by Crippen LogP contribution is 2.18. The van der Waals surface area contributed by atoms with Crippen LogP contribution in [0.15, 0.2) is 23.4 Å². The molecule has 0 heterocycles. The molecular weight excluding hydrogens is 233 g/mol. The zero-order valence-corrected chi connectivity index (χ0v) is 9.58. The Kier molecular flexibility index (Phi) is 4.52. The zero-order chi connectivity index (χ0) is 12.1. The van der Waals surface area contributed by atoms with Crippen LogP contribution in [0, 0.1) is 5.82 Å². The highest BCUT2D eigenvalue weighted by atomic mass is 35.5. The van der Waals surface area contributed by atoms with Crippen molar-refractivity contribution in [3.8, 4) is 0 Å². The Balaban J connectivity index is 2.69. The van der Waals surface area contributed by atoms with E-state index in [0.29, 0.717) is 17.1 Å². The Bertz CT molecular complexity index is 398. The van der Waals surface area contributed by atoms with Gasteiger partial charge in [0, 0.05) is 11.6 Å². The Hall–Kier alpha value is -1.33. The monoisotopic (exact) mass is 245 g/mol. The molecule has 1 rings (SSSR count). The molecule has 0 bridgehead atoms. The first-order valence-electron chi connectivity index (χ1n) is 4.62. The number of rotatable bonds is 4. The summed E-state index contributed by atoms with van der Waals surface area (Å²) < 4.78 is 13.0. The standard InChI is InChI=1S/C10H13ClFN3O/c1-15(6-10(13)14-16)5-7-4-8(12)2-3-9(7)11/h2-4,16H,5-6H2,1H3,(H2,13,14). The lowest BCUT2D eigenvalue weighted by atomic mass is 10.2. The molecule has 6 heteroatoms. The fourth-order valence-corrected chi connectivity index (χ4v) is 1.50. The molecule has 1 aromatic carbocycles. The smallest absolute Gasteiger partial charge is 0.153 e. The van der Waals surface area contributed by atoms with Crippen molar-refractivity contribution in [1.29, 1.82) is 0 Å². The van der Waals surface area contributed by atoms with E-state index in [1.165, 1.54) is 18.2 Å². The van der Waals surface area contributed by atoms with Gasteiger partial charge in [0.15, 0.2) is 5.84 Å². The van der Waals surface area contributed by atoms with Crippen molar-refractivity contribution in [2.75, 3.05) is 13.6 Å². The average molecular weight is 246 g/mol. The summed E-state index contributed by atoms with van der Waals surface area (Å²) in [6.07, 6.45) is 0. The molecule has 0 atom stereocenters. The molecule has 88 valence electrons. The third-order valence-corrected chi connectivity index (χ3v) is 2.38. The molecule has 0 radical (unpaired) electrons. The fraction of sp³-hybridized carbons (Fsp3) is 0.300. The van der Waals surface area contributed by atoms with Crippen LogP contribution in [-0.2, 0) is 6.54 Å². The summed E-state index contributed by atoms with van der Waals surface area (Å²) in [7, 11) is 1.76. The third kappa shape index (κ3) is 3.67. The minimum atomic E-state index is -0.336. The third-order valence-electron chi connectivity index (χ3n) is 2.01. The van der Waals surface area contributed by atoms with Gasteiger partial charge in [0.05, 0.1) is 6.54 Å². The first-order chi connectivity index (χ1) is 7.52. The van der Waals surface area contributed by atoms with Crippen LogP contribution in [0.2, 0.25) is 5.02 Å². The van der Waals surface area contributed by atoms with Gasteiger partial charge < -0.3 is 10.9 Å². The van der Waals surface area contributed by atoms with Crippen LogP contribution in [0.25, 0.3) is 0 Å². The van der Waals surface area contributed by atoms with Crippen LogP contribution in [0.5, 0.6) is 0 Å². The van der Waals surface area contributed by atoms with E-state index in [9.17, 15) is 4.39 Å². The molecule has 0 aliphatic rings. The summed E-state index contributed by atoms with van der Waals surface area (Å²) in [6.45, 7) is 0.705. The SMILES string of the molecule is CN(C/C(N)=N/O)Cc1cc(F)ccc1Cl. The molecule has 4 nitrogen and oxygen atoms in total. The molecular formula is C10H13ClFN3O. The van der Waals surface area contributed by atoms with E-state index >= 15 is 0 Å². The number of oxime groups is 1. The zero-order valence-electron chi connectivity index (χ0n) is 8.82. The molecule has 0 unspecified atom stereocenters. The van der Waals surface area contributed by atoms with Gasteiger partial charge >= 0.3 is 0 Å². The van der Waals surface area contributed by atoms with E-state index in [2.05, 4.69) is 5.16 Å². The van der Waals surface area contributed by atoms with Gasteiger partial charge in [-0.3, -0.25) is 4.90 Å². The highest BCUT2D eigenvalue weighted by Gasteiger charge is 2.07. The van der Waals surface area contributed by atoms with Gasteiger partial charge in [-0.15, -0.1) is 0 Å². The molecule has 0 fully saturated rings. The molecule has 16 heavy (non-hydrogen) atoms. The van der Waals surface area contributed by atoms with E-state index in [4.69, 9.17) is 22.5 Å². The minimum Gasteiger partial charge on any atom is -0.409 e. The van der Waals surface area contributed by atoms with Crippen molar-refractivity contribution in [2.24, 2.45) is 10.9 Å². The van der Waals surface area contributed by atoms with E-state index in [1.807, 2.05) is 0 Å². The summed E-state index contributed by atoms with van der Waals surface area (Å²) >= 11 is 5.91. The molecule has 1 aromatic rings. The number of halogens is 2. The fourth-order valence-electron chi connectivity index (χ4n) is 1.32. The van der Waals surface area contributed by atoms with Crippen LogP contribution in [0.4, 0.5) is 4.39 Å². The van der Waals surface area contributed by atoms with E-state index in [1.54, 1.807) is 11.9 Å². The summed E-state index contributed by atoms with van der Waals surface area (Å²) in [5, 5.41) is 11.7. The number of amidine groups is 1. The first-order valence-corrected chi connectivity index (χ1v) is 4.99. The number of hydrogen-bond donors (Lipinski definition) is 2. The predicted octanol–water partition coefficient (Wildman–Crippen LogP) is 1.66. The van der Waals surface area contributed by atoms with Gasteiger partial charge in [-0.1, -0.05) is 16.8 Å².